The van der Waals surface area contributed by atoms with E-state index in [2.05, 4.69) is 150 Å². The highest BCUT2D eigenvalue weighted by molar-refractivity contribution is 7.25. The molecule has 0 saturated heterocycles. The molecule has 10 aromatic rings. The summed E-state index contributed by atoms with van der Waals surface area (Å²) in [6.07, 6.45) is 0. The van der Waals surface area contributed by atoms with Crippen molar-refractivity contribution >= 4 is 96.9 Å². The van der Waals surface area contributed by atoms with Crippen molar-refractivity contribution in [1.82, 2.24) is 8.80 Å². The van der Waals surface area contributed by atoms with Crippen LogP contribution in [0.1, 0.15) is 79.0 Å². The Kier molecular flexibility index (Phi) is 4.95. The van der Waals surface area contributed by atoms with Crippen molar-refractivity contribution in [2.75, 3.05) is 0 Å². The van der Waals surface area contributed by atoms with Crippen LogP contribution in [0.3, 0.4) is 0 Å². The lowest BCUT2D eigenvalue weighted by molar-refractivity contribution is 0.590. The first-order valence-electron chi connectivity index (χ1n) is 17.0. The van der Waals surface area contributed by atoms with Gasteiger partial charge in [0, 0.05) is 53.2 Å². The van der Waals surface area contributed by atoms with Crippen LogP contribution < -0.4 is 0 Å². The smallest absolute Gasteiger partial charge is 0.109 e. The molecule has 10 rings (SSSR count). The van der Waals surface area contributed by atoms with Gasteiger partial charge in [0.25, 0.3) is 0 Å². The molecule has 5 aromatic carbocycles. The Morgan fingerprint density at radius 1 is 0.426 bits per heavy atom. The van der Waals surface area contributed by atoms with Crippen LogP contribution in [0.4, 0.5) is 0 Å². The fourth-order valence-electron chi connectivity index (χ4n) is 8.42. The van der Waals surface area contributed by atoms with E-state index in [1.165, 1.54) is 102 Å². The average Bonchev–Trinajstić information content (AvgIpc) is 3.78. The predicted molar refractivity (Wildman–Crippen MR) is 207 cm³/mol. The third-order valence-electron chi connectivity index (χ3n) is 11.0. The van der Waals surface area contributed by atoms with E-state index in [9.17, 15) is 0 Å². The van der Waals surface area contributed by atoms with Crippen molar-refractivity contribution in [3.8, 4) is 0 Å². The van der Waals surface area contributed by atoms with Crippen molar-refractivity contribution in [3.05, 3.63) is 95.6 Å². The first-order valence-corrected chi connectivity index (χ1v) is 17.9. The number of benzene rings is 5. The number of rotatable bonds is 0. The molecule has 0 unspecified atom stereocenters. The maximum Gasteiger partial charge on any atom is 0.109 e. The first-order chi connectivity index (χ1) is 22.2. The van der Waals surface area contributed by atoms with Gasteiger partial charge in [0.15, 0.2) is 0 Å². The molecular formula is C44H40N2S. The van der Waals surface area contributed by atoms with Gasteiger partial charge >= 0.3 is 0 Å². The summed E-state index contributed by atoms with van der Waals surface area (Å²) in [5.41, 5.74) is 11.0. The molecule has 0 aliphatic heterocycles. The minimum absolute atomic E-state index is 0.0374. The molecule has 5 aromatic heterocycles. The van der Waals surface area contributed by atoms with Crippen molar-refractivity contribution in [3.63, 3.8) is 0 Å². The van der Waals surface area contributed by atoms with Crippen LogP contribution in [0, 0.1) is 0 Å². The molecule has 0 spiro atoms. The topological polar surface area (TPSA) is 8.82 Å². The van der Waals surface area contributed by atoms with Gasteiger partial charge in [-0.05, 0) is 75.4 Å². The van der Waals surface area contributed by atoms with Crippen LogP contribution in [0.25, 0.3) is 85.6 Å². The zero-order valence-corrected chi connectivity index (χ0v) is 29.6. The van der Waals surface area contributed by atoms with Crippen LogP contribution in [0.15, 0.2) is 78.9 Å². The van der Waals surface area contributed by atoms with Gasteiger partial charge in [-0.2, -0.15) is 0 Å². The van der Waals surface area contributed by atoms with E-state index in [4.69, 9.17) is 0 Å². The second-order valence-corrected chi connectivity index (χ2v) is 18.2. The molecule has 232 valence electrons. The third kappa shape index (κ3) is 3.41. The molecule has 5 heterocycles. The summed E-state index contributed by atoms with van der Waals surface area (Å²) in [6, 6.07) is 31.0. The molecule has 0 amide bonds. The summed E-state index contributed by atoms with van der Waals surface area (Å²) in [4.78, 5) is 1.36. The summed E-state index contributed by atoms with van der Waals surface area (Å²) in [5, 5.41) is 12.3. The number of nitrogens with zero attached hydrogens (tertiary/aromatic N) is 2. The van der Waals surface area contributed by atoms with Gasteiger partial charge in [0.1, 0.15) is 4.83 Å². The maximum atomic E-state index is 2.64. The molecule has 0 bridgehead atoms. The third-order valence-corrected chi connectivity index (χ3v) is 12.2. The van der Waals surface area contributed by atoms with E-state index in [0.717, 1.165) is 0 Å². The number of fused-ring (bicyclic) bond motifs is 15. The van der Waals surface area contributed by atoms with Crippen LogP contribution in [-0.2, 0) is 16.2 Å². The van der Waals surface area contributed by atoms with Gasteiger partial charge in [-0.15, -0.1) is 11.3 Å². The fourth-order valence-corrected chi connectivity index (χ4v) is 9.65. The molecule has 0 saturated carbocycles. The average molecular weight is 629 g/mol. The number of hydrogen-bond donors (Lipinski definition) is 0. The molecule has 0 aliphatic rings. The minimum Gasteiger partial charge on any atom is -0.306 e. The van der Waals surface area contributed by atoms with Crippen LogP contribution in [0.5, 0.6) is 0 Å². The summed E-state index contributed by atoms with van der Waals surface area (Å²) >= 11 is 1.94. The largest absolute Gasteiger partial charge is 0.306 e. The van der Waals surface area contributed by atoms with E-state index in [1.54, 1.807) is 0 Å². The molecule has 0 fully saturated rings. The van der Waals surface area contributed by atoms with Gasteiger partial charge < -0.3 is 4.40 Å². The number of hydrogen-bond acceptors (Lipinski definition) is 1. The van der Waals surface area contributed by atoms with E-state index >= 15 is 0 Å². The van der Waals surface area contributed by atoms with E-state index in [1.807, 2.05) is 11.3 Å². The summed E-state index contributed by atoms with van der Waals surface area (Å²) in [6.45, 7) is 21.0. The predicted octanol–water partition coefficient (Wildman–Crippen LogP) is 13.1. The Morgan fingerprint density at radius 2 is 0.936 bits per heavy atom. The monoisotopic (exact) mass is 628 g/mol. The first kappa shape index (κ1) is 27.7. The Labute approximate surface area is 278 Å². The maximum absolute atomic E-state index is 2.64. The van der Waals surface area contributed by atoms with Gasteiger partial charge in [-0.25, -0.2) is 0 Å². The molecule has 47 heavy (non-hydrogen) atoms. The lowest BCUT2D eigenvalue weighted by atomic mass is 9.84. The number of thiophene rings is 1. The van der Waals surface area contributed by atoms with Gasteiger partial charge in [0.05, 0.1) is 27.6 Å². The lowest BCUT2D eigenvalue weighted by Gasteiger charge is -2.20. The summed E-state index contributed by atoms with van der Waals surface area (Å²) < 4.78 is 6.62. The highest BCUT2D eigenvalue weighted by Gasteiger charge is 2.29. The summed E-state index contributed by atoms with van der Waals surface area (Å²) in [7, 11) is 0. The molecule has 0 aliphatic carbocycles. The number of aromatic nitrogens is 2. The molecule has 0 atom stereocenters. The quantitative estimate of drug-likeness (QED) is 0.158. The van der Waals surface area contributed by atoms with Gasteiger partial charge in [-0.3, -0.25) is 4.40 Å². The Hall–Kier alpha value is -4.34. The van der Waals surface area contributed by atoms with Crippen molar-refractivity contribution in [1.29, 1.82) is 0 Å². The zero-order chi connectivity index (χ0) is 32.5. The fraction of sp³-hybridized carbons (Fsp3) is 0.273. The van der Waals surface area contributed by atoms with E-state index in [-0.39, 0.29) is 16.2 Å². The second-order valence-electron chi connectivity index (χ2n) is 17.1. The van der Waals surface area contributed by atoms with Crippen LogP contribution >= 0.6 is 11.3 Å². The summed E-state index contributed by atoms with van der Waals surface area (Å²) in [5.74, 6) is 0. The highest BCUT2D eigenvalue weighted by atomic mass is 32.1. The van der Waals surface area contributed by atoms with Crippen molar-refractivity contribution in [2.45, 2.75) is 78.6 Å². The Morgan fingerprint density at radius 3 is 1.55 bits per heavy atom. The normalized spacial score (nSPS) is 14.1. The highest BCUT2D eigenvalue weighted by Crippen LogP contribution is 2.50. The van der Waals surface area contributed by atoms with Gasteiger partial charge in [-0.1, -0.05) is 98.7 Å². The SMILES string of the molecule is CC(C)(C)c1ccc2c(c1)c1cc(C(C)(C)C)cc3c4ccc5c6cc(C(C)(C)C)cc7c8c9ccccc9sc8n(c67)c5c4n2c13. The Balaban J connectivity index is 1.52. The standard InChI is InChI=1S/C44H40N2S/c1-42(2,3)23-14-17-34-29(18-23)32-21-24(43(4,5)6)19-30-26-15-16-27-31-20-25(44(7,8)9)22-33-36-28-12-10-11-13-35(28)47-41(36)46(38(31)33)40(27)39(26)45(34)37(30)32/h10-22H,1-9H3. The van der Waals surface area contributed by atoms with E-state index < -0.39 is 0 Å². The zero-order valence-electron chi connectivity index (χ0n) is 28.8. The molecule has 0 N–H and O–H groups in total. The van der Waals surface area contributed by atoms with Crippen LogP contribution in [-0.4, -0.2) is 8.80 Å². The molecular weight excluding hydrogens is 589 g/mol. The second kappa shape index (κ2) is 8.38. The molecule has 3 heteroatoms. The lowest BCUT2D eigenvalue weighted by Crippen LogP contribution is -2.11. The Bertz CT molecular complexity index is 2940. The molecule has 0 radical (unpaired) electrons. The van der Waals surface area contributed by atoms with E-state index in [0.29, 0.717) is 0 Å². The minimum atomic E-state index is 0.0374. The van der Waals surface area contributed by atoms with Crippen molar-refractivity contribution < 1.29 is 0 Å². The van der Waals surface area contributed by atoms with Crippen LogP contribution in [0.2, 0.25) is 0 Å². The molecule has 2 nitrogen and oxygen atoms in total. The van der Waals surface area contributed by atoms with Gasteiger partial charge in [0.2, 0.25) is 0 Å². The van der Waals surface area contributed by atoms with Crippen molar-refractivity contribution in [2.24, 2.45) is 0 Å².